The molecule has 0 aromatic rings. The first-order chi connectivity index (χ1) is 3.42. The number of halogens is 3. The Morgan fingerprint density at radius 2 is 1.88 bits per heavy atom. The van der Waals surface area contributed by atoms with Gasteiger partial charge in [-0.2, -0.15) is 13.2 Å². The number of hydrogen-bond donors (Lipinski definition) is 1. The summed E-state index contributed by atoms with van der Waals surface area (Å²) in [5, 5.41) is 6.88. The predicted molar refractivity (Wildman–Crippen MR) is 25.9 cm³/mol. The number of aliphatic hydroxyl groups excluding tert-OH is 1. The number of hydrogen-bond acceptors (Lipinski definition) is 1. The van der Waals surface area contributed by atoms with Crippen molar-refractivity contribution in [1.82, 2.24) is 0 Å². The van der Waals surface area contributed by atoms with Crippen molar-refractivity contribution in [1.29, 1.82) is 0 Å². The van der Waals surface area contributed by atoms with Gasteiger partial charge in [-0.05, 0) is 12.2 Å². The molecule has 0 aliphatic heterocycles. The molecule has 0 atom stereocenters. The highest BCUT2D eigenvalue weighted by Gasteiger charge is 2.28. The van der Waals surface area contributed by atoms with Crippen LogP contribution in [-0.4, -0.2) is 16.3 Å². The van der Waals surface area contributed by atoms with Crippen LogP contribution >= 0.6 is 12.2 Å². The van der Waals surface area contributed by atoms with E-state index in [0.717, 1.165) is 0 Å². The molecule has 0 radical (unpaired) electrons. The van der Waals surface area contributed by atoms with E-state index in [-0.39, 0.29) is 0 Å². The molecule has 0 saturated heterocycles. The Balaban J connectivity index is 3.55. The third kappa shape index (κ3) is 5.68. The Morgan fingerprint density at radius 1 is 1.50 bits per heavy atom. The molecule has 0 aromatic carbocycles. The molecule has 0 amide bonds. The highest BCUT2D eigenvalue weighted by Crippen LogP contribution is 2.19. The Kier molecular flexibility index (Phi) is 2.21. The number of rotatable bonds is 1. The van der Waals surface area contributed by atoms with Gasteiger partial charge >= 0.3 is 6.18 Å². The van der Waals surface area contributed by atoms with Gasteiger partial charge in [-0.25, -0.2) is 0 Å². The Hall–Kier alpha value is -0.320. The topological polar surface area (TPSA) is 20.2 Å². The monoisotopic (exact) mass is 144 g/mol. The van der Waals surface area contributed by atoms with Crippen LogP contribution in [0.2, 0.25) is 0 Å². The van der Waals surface area contributed by atoms with E-state index in [0.29, 0.717) is 0 Å². The van der Waals surface area contributed by atoms with Crippen LogP contribution in [0.3, 0.4) is 0 Å². The fraction of sp³-hybridized carbons (Fsp3) is 0.667. The molecule has 0 bridgehead atoms. The molecule has 0 rings (SSSR count). The van der Waals surface area contributed by atoms with E-state index in [9.17, 15) is 13.2 Å². The lowest BCUT2D eigenvalue weighted by Gasteiger charge is -2.00. The predicted octanol–water partition coefficient (Wildman–Crippen LogP) is 1.82. The summed E-state index contributed by atoms with van der Waals surface area (Å²) in [6.45, 7) is 0. The zero-order valence-corrected chi connectivity index (χ0v) is 4.51. The minimum absolute atomic E-state index is 1.02. The number of thiocarbonyl (C=S) groups is 1. The van der Waals surface area contributed by atoms with Crippen molar-refractivity contribution in [2.45, 2.75) is 12.6 Å². The van der Waals surface area contributed by atoms with Crippen molar-refractivity contribution < 1.29 is 18.3 Å². The Labute approximate surface area is 49.1 Å². The van der Waals surface area contributed by atoms with Crippen molar-refractivity contribution in [2.75, 3.05) is 0 Å². The maximum Gasteiger partial charge on any atom is 0.396 e. The highest BCUT2D eigenvalue weighted by molar-refractivity contribution is 7.80. The fourth-order valence-electron chi connectivity index (χ4n) is 0.171. The van der Waals surface area contributed by atoms with E-state index >= 15 is 0 Å². The summed E-state index contributed by atoms with van der Waals surface area (Å²) < 4.78 is 33.2. The van der Waals surface area contributed by atoms with Crippen LogP contribution in [0.5, 0.6) is 0 Å². The van der Waals surface area contributed by atoms with E-state index < -0.39 is 17.6 Å². The van der Waals surface area contributed by atoms with Crippen molar-refractivity contribution in [2.24, 2.45) is 0 Å². The van der Waals surface area contributed by atoms with Crippen LogP contribution in [0.1, 0.15) is 6.42 Å². The van der Waals surface area contributed by atoms with Gasteiger partial charge < -0.3 is 5.11 Å². The van der Waals surface area contributed by atoms with Gasteiger partial charge in [0.05, 0.1) is 0 Å². The second-order valence-electron chi connectivity index (χ2n) is 1.19. The molecule has 5 heteroatoms. The molecule has 0 fully saturated rings. The van der Waals surface area contributed by atoms with E-state index in [1.165, 1.54) is 0 Å². The average Bonchev–Trinajstić information content (AvgIpc) is 1.21. The zero-order chi connectivity index (χ0) is 6.78. The maximum absolute atomic E-state index is 11.1. The van der Waals surface area contributed by atoms with E-state index in [1.54, 1.807) is 0 Å². The maximum atomic E-state index is 11.1. The van der Waals surface area contributed by atoms with Crippen LogP contribution in [0, 0.1) is 0 Å². The molecule has 0 aliphatic carbocycles. The first-order valence-electron chi connectivity index (χ1n) is 1.70. The second-order valence-corrected chi connectivity index (χ2v) is 1.66. The minimum Gasteiger partial charge on any atom is -0.502 e. The summed E-state index contributed by atoms with van der Waals surface area (Å²) in [6.07, 6.45) is -5.76. The zero-order valence-electron chi connectivity index (χ0n) is 3.70. The van der Waals surface area contributed by atoms with E-state index in [2.05, 4.69) is 12.2 Å². The summed E-state index contributed by atoms with van der Waals surface area (Å²) in [5.41, 5.74) is 0. The summed E-state index contributed by atoms with van der Waals surface area (Å²) >= 11 is 3.78. The normalized spacial score (nSPS) is 11.4. The first-order valence-corrected chi connectivity index (χ1v) is 2.11. The number of alkyl halides is 3. The molecular formula is C3H3F3OS. The van der Waals surface area contributed by atoms with Crippen molar-refractivity contribution in [3.63, 3.8) is 0 Å². The summed E-state index contributed by atoms with van der Waals surface area (Å²) in [6, 6.07) is 0. The SMILES string of the molecule is OC(=S)CC(F)(F)F. The molecule has 48 valence electrons. The lowest BCUT2D eigenvalue weighted by atomic mass is 10.4. The van der Waals surface area contributed by atoms with Gasteiger partial charge in [-0.1, -0.05) is 0 Å². The van der Waals surface area contributed by atoms with Gasteiger partial charge in [-0.3, -0.25) is 0 Å². The van der Waals surface area contributed by atoms with Gasteiger partial charge in [0.2, 0.25) is 0 Å². The summed E-state index contributed by atoms with van der Waals surface area (Å²) in [5.74, 6) is 0. The van der Waals surface area contributed by atoms with Crippen LogP contribution < -0.4 is 0 Å². The molecular weight excluding hydrogens is 141 g/mol. The lowest BCUT2D eigenvalue weighted by Crippen LogP contribution is -2.12. The van der Waals surface area contributed by atoms with E-state index in [1.807, 2.05) is 0 Å². The molecule has 1 N–H and O–H groups in total. The largest absolute Gasteiger partial charge is 0.502 e. The third-order valence-electron chi connectivity index (χ3n) is 0.352. The molecule has 0 aliphatic rings. The molecule has 0 unspecified atom stereocenters. The van der Waals surface area contributed by atoms with Crippen LogP contribution in [0.25, 0.3) is 0 Å². The van der Waals surface area contributed by atoms with Crippen molar-refractivity contribution >= 4 is 17.3 Å². The third-order valence-corrected chi connectivity index (χ3v) is 0.496. The molecule has 8 heavy (non-hydrogen) atoms. The van der Waals surface area contributed by atoms with Crippen LogP contribution in [0.15, 0.2) is 0 Å². The molecule has 0 spiro atoms. The van der Waals surface area contributed by atoms with Gasteiger partial charge in [0.15, 0.2) is 5.05 Å². The molecule has 1 nitrogen and oxygen atoms in total. The minimum atomic E-state index is -4.37. The second kappa shape index (κ2) is 2.30. The Morgan fingerprint density at radius 3 is 1.88 bits per heavy atom. The standard InChI is InChI=1S/C3H3F3OS/c4-3(5,6)1-2(7)8/h1H2,(H,7,8). The van der Waals surface area contributed by atoms with Crippen LogP contribution in [-0.2, 0) is 0 Å². The lowest BCUT2D eigenvalue weighted by molar-refractivity contribution is -0.122. The first kappa shape index (κ1) is 7.68. The smallest absolute Gasteiger partial charge is 0.396 e. The van der Waals surface area contributed by atoms with E-state index in [4.69, 9.17) is 5.11 Å². The molecule has 0 heterocycles. The van der Waals surface area contributed by atoms with Gasteiger partial charge in [0, 0.05) is 0 Å². The fourth-order valence-corrected chi connectivity index (χ4v) is 0.335. The van der Waals surface area contributed by atoms with Crippen LogP contribution in [0.4, 0.5) is 13.2 Å². The Bertz CT molecular complexity index is 97.2. The number of aliphatic hydroxyl groups is 1. The van der Waals surface area contributed by atoms with Crippen molar-refractivity contribution in [3.05, 3.63) is 0 Å². The van der Waals surface area contributed by atoms with Gasteiger partial charge in [-0.15, -0.1) is 0 Å². The summed E-state index contributed by atoms with van der Waals surface area (Å²) in [4.78, 5) is 0. The van der Waals surface area contributed by atoms with Gasteiger partial charge in [0.1, 0.15) is 6.42 Å². The highest BCUT2D eigenvalue weighted by atomic mass is 32.1. The molecule has 0 saturated carbocycles. The van der Waals surface area contributed by atoms with Crippen molar-refractivity contribution in [3.8, 4) is 0 Å². The quantitative estimate of drug-likeness (QED) is 0.566. The average molecular weight is 144 g/mol. The summed E-state index contributed by atoms with van der Waals surface area (Å²) in [7, 11) is 0. The molecule has 0 aromatic heterocycles. The van der Waals surface area contributed by atoms with Gasteiger partial charge in [0.25, 0.3) is 0 Å².